The first-order valence-corrected chi connectivity index (χ1v) is 3.03. The van der Waals surface area contributed by atoms with E-state index in [1.807, 2.05) is 0 Å². The van der Waals surface area contributed by atoms with Crippen LogP contribution in [0.4, 0.5) is 0 Å². The topological polar surface area (TPSA) is 47.6 Å². The van der Waals surface area contributed by atoms with Crippen molar-refractivity contribution in [2.45, 2.75) is 13.3 Å². The first-order chi connectivity index (χ1) is 4.27. The zero-order valence-corrected chi connectivity index (χ0v) is 6.05. The molecule has 9 heavy (non-hydrogen) atoms. The Morgan fingerprint density at radius 3 is 2.78 bits per heavy atom. The van der Waals surface area contributed by atoms with E-state index in [-0.39, 0.29) is 0 Å². The second kappa shape index (κ2) is 5.56. The van der Waals surface area contributed by atoms with E-state index in [1.165, 1.54) is 0 Å². The Morgan fingerprint density at radius 2 is 2.33 bits per heavy atom. The number of aliphatic imine (C=N–C) groups is 1. The highest BCUT2D eigenvalue weighted by atomic mass is 16.5. The molecular formula is C6H14N2O. The van der Waals surface area contributed by atoms with Gasteiger partial charge in [0, 0.05) is 20.3 Å². The Labute approximate surface area is 55.9 Å². The van der Waals surface area contributed by atoms with Crippen LogP contribution in [0.5, 0.6) is 0 Å². The molecule has 0 rings (SSSR count). The molecule has 0 fully saturated rings. The lowest BCUT2D eigenvalue weighted by atomic mass is 10.4. The van der Waals surface area contributed by atoms with Gasteiger partial charge in [-0.1, -0.05) is 0 Å². The average Bonchev–Trinajstić information content (AvgIpc) is 1.80. The minimum absolute atomic E-state index is 0.645. The Hall–Kier alpha value is -0.570. The molecule has 0 bridgehead atoms. The fourth-order valence-corrected chi connectivity index (χ4v) is 0.464. The Kier molecular flexibility index (Phi) is 5.21. The highest BCUT2D eigenvalue weighted by molar-refractivity contribution is 5.77. The molecule has 2 N–H and O–H groups in total. The van der Waals surface area contributed by atoms with Gasteiger partial charge in [0.15, 0.2) is 0 Å². The molecule has 0 aliphatic rings. The number of methoxy groups -OCH3 is 1. The van der Waals surface area contributed by atoms with E-state index in [2.05, 4.69) is 4.99 Å². The lowest BCUT2D eigenvalue weighted by molar-refractivity contribution is 0.197. The molecule has 0 atom stereocenters. The number of hydrogen-bond donors (Lipinski definition) is 1. The molecule has 0 saturated heterocycles. The van der Waals surface area contributed by atoms with Crippen molar-refractivity contribution in [3.63, 3.8) is 0 Å². The lowest BCUT2D eigenvalue weighted by Crippen LogP contribution is -2.06. The van der Waals surface area contributed by atoms with E-state index in [0.717, 1.165) is 19.6 Å². The standard InChI is InChI=1S/C6H14N2O/c1-6(7)8-4-3-5-9-2/h3-5H2,1-2H3,(H2,7,8). The van der Waals surface area contributed by atoms with E-state index >= 15 is 0 Å². The number of rotatable bonds is 4. The van der Waals surface area contributed by atoms with Gasteiger partial charge in [0.25, 0.3) is 0 Å². The summed E-state index contributed by atoms with van der Waals surface area (Å²) in [6.45, 7) is 3.32. The van der Waals surface area contributed by atoms with Crippen LogP contribution < -0.4 is 5.73 Å². The zero-order valence-electron chi connectivity index (χ0n) is 6.05. The summed E-state index contributed by atoms with van der Waals surface area (Å²) < 4.78 is 4.81. The molecule has 0 spiro atoms. The van der Waals surface area contributed by atoms with Gasteiger partial charge in [-0.25, -0.2) is 0 Å². The van der Waals surface area contributed by atoms with Crippen molar-refractivity contribution in [3.05, 3.63) is 0 Å². The maximum atomic E-state index is 5.28. The van der Waals surface area contributed by atoms with Gasteiger partial charge in [-0.15, -0.1) is 0 Å². The summed E-state index contributed by atoms with van der Waals surface area (Å²) in [6.07, 6.45) is 0.949. The van der Waals surface area contributed by atoms with Crippen molar-refractivity contribution in [1.82, 2.24) is 0 Å². The first kappa shape index (κ1) is 8.43. The van der Waals surface area contributed by atoms with Gasteiger partial charge < -0.3 is 10.5 Å². The maximum Gasteiger partial charge on any atom is 0.0905 e. The molecule has 0 heterocycles. The maximum absolute atomic E-state index is 5.28. The van der Waals surface area contributed by atoms with E-state index in [9.17, 15) is 0 Å². The number of hydrogen-bond acceptors (Lipinski definition) is 2. The van der Waals surface area contributed by atoms with Crippen LogP contribution in [0, 0.1) is 0 Å². The average molecular weight is 130 g/mol. The summed E-state index contributed by atoms with van der Waals surface area (Å²) >= 11 is 0. The van der Waals surface area contributed by atoms with Gasteiger partial charge in [0.1, 0.15) is 0 Å². The molecule has 0 radical (unpaired) electrons. The van der Waals surface area contributed by atoms with Gasteiger partial charge in [-0.2, -0.15) is 0 Å². The zero-order chi connectivity index (χ0) is 7.11. The van der Waals surface area contributed by atoms with Crippen LogP contribution in [0.1, 0.15) is 13.3 Å². The van der Waals surface area contributed by atoms with Crippen LogP contribution >= 0.6 is 0 Å². The quantitative estimate of drug-likeness (QED) is 0.340. The minimum atomic E-state index is 0.645. The second-order valence-electron chi connectivity index (χ2n) is 1.87. The van der Waals surface area contributed by atoms with Gasteiger partial charge in [-0.3, -0.25) is 4.99 Å². The van der Waals surface area contributed by atoms with Crippen molar-refractivity contribution >= 4 is 5.84 Å². The van der Waals surface area contributed by atoms with Crippen LogP contribution in [0.15, 0.2) is 4.99 Å². The molecule has 0 saturated carbocycles. The Bertz CT molecular complexity index is 87.1. The number of nitrogens with two attached hydrogens (primary N) is 1. The predicted molar refractivity (Wildman–Crippen MR) is 38.7 cm³/mol. The third kappa shape index (κ3) is 7.43. The smallest absolute Gasteiger partial charge is 0.0905 e. The van der Waals surface area contributed by atoms with Crippen LogP contribution in [-0.4, -0.2) is 26.1 Å². The molecule has 0 aliphatic carbocycles. The van der Waals surface area contributed by atoms with Crippen LogP contribution in [0.3, 0.4) is 0 Å². The third-order valence-electron chi connectivity index (χ3n) is 0.868. The summed E-state index contributed by atoms with van der Waals surface area (Å²) in [5.41, 5.74) is 5.28. The summed E-state index contributed by atoms with van der Waals surface area (Å²) in [4.78, 5) is 3.98. The number of amidine groups is 1. The predicted octanol–water partition coefficient (Wildman–Crippen LogP) is 0.400. The summed E-state index contributed by atoms with van der Waals surface area (Å²) in [6, 6.07) is 0. The van der Waals surface area contributed by atoms with Crippen LogP contribution in [0.2, 0.25) is 0 Å². The molecule has 0 unspecified atom stereocenters. The van der Waals surface area contributed by atoms with Crippen LogP contribution in [-0.2, 0) is 4.74 Å². The molecule has 3 heteroatoms. The first-order valence-electron chi connectivity index (χ1n) is 3.03. The SMILES string of the molecule is COCCCN=C(C)N. The molecular weight excluding hydrogens is 116 g/mol. The second-order valence-corrected chi connectivity index (χ2v) is 1.87. The minimum Gasteiger partial charge on any atom is -0.388 e. The van der Waals surface area contributed by atoms with Gasteiger partial charge in [-0.05, 0) is 13.3 Å². The Morgan fingerprint density at radius 1 is 1.67 bits per heavy atom. The molecule has 0 amide bonds. The highest BCUT2D eigenvalue weighted by Crippen LogP contribution is 1.80. The molecule has 0 aromatic rings. The summed E-state index contributed by atoms with van der Waals surface area (Å²) in [7, 11) is 1.68. The normalized spacial score (nSPS) is 12.0. The molecule has 0 aromatic carbocycles. The molecule has 3 nitrogen and oxygen atoms in total. The van der Waals surface area contributed by atoms with Gasteiger partial charge in [0.2, 0.25) is 0 Å². The number of ether oxygens (including phenoxy) is 1. The van der Waals surface area contributed by atoms with Crippen molar-refractivity contribution in [2.24, 2.45) is 10.7 Å². The van der Waals surface area contributed by atoms with Crippen molar-refractivity contribution in [3.8, 4) is 0 Å². The van der Waals surface area contributed by atoms with E-state index in [1.54, 1.807) is 14.0 Å². The van der Waals surface area contributed by atoms with E-state index < -0.39 is 0 Å². The molecule has 54 valence electrons. The van der Waals surface area contributed by atoms with Crippen molar-refractivity contribution < 1.29 is 4.74 Å². The summed E-state index contributed by atoms with van der Waals surface area (Å²) in [5, 5.41) is 0. The monoisotopic (exact) mass is 130 g/mol. The molecule has 0 aromatic heterocycles. The van der Waals surface area contributed by atoms with Crippen molar-refractivity contribution in [2.75, 3.05) is 20.3 Å². The van der Waals surface area contributed by atoms with Gasteiger partial charge >= 0.3 is 0 Å². The number of nitrogens with zero attached hydrogens (tertiary/aromatic N) is 1. The largest absolute Gasteiger partial charge is 0.388 e. The fraction of sp³-hybridized carbons (Fsp3) is 0.833. The van der Waals surface area contributed by atoms with Crippen LogP contribution in [0.25, 0.3) is 0 Å². The van der Waals surface area contributed by atoms with Crippen molar-refractivity contribution in [1.29, 1.82) is 0 Å². The van der Waals surface area contributed by atoms with E-state index in [0.29, 0.717) is 5.84 Å². The molecule has 0 aliphatic heterocycles. The Balaban J connectivity index is 3.00. The summed E-state index contributed by atoms with van der Waals surface area (Å²) in [5.74, 6) is 0.645. The highest BCUT2D eigenvalue weighted by Gasteiger charge is 1.82. The van der Waals surface area contributed by atoms with Gasteiger partial charge in [0.05, 0.1) is 5.84 Å². The van der Waals surface area contributed by atoms with E-state index in [4.69, 9.17) is 10.5 Å². The third-order valence-corrected chi connectivity index (χ3v) is 0.868. The fourth-order valence-electron chi connectivity index (χ4n) is 0.464. The lowest BCUT2D eigenvalue weighted by Gasteiger charge is -1.93.